The van der Waals surface area contributed by atoms with Crippen LogP contribution in [0.5, 0.6) is 0 Å². The number of nitrogens with zero attached hydrogens (tertiary/aromatic N) is 1. The zero-order valence-electron chi connectivity index (χ0n) is 18.0. The van der Waals surface area contributed by atoms with Gasteiger partial charge in [0, 0.05) is 31.0 Å². The zero-order valence-corrected chi connectivity index (χ0v) is 18.0. The van der Waals surface area contributed by atoms with Crippen molar-refractivity contribution < 1.29 is 9.59 Å². The lowest BCUT2D eigenvalue weighted by Gasteiger charge is -2.12. The van der Waals surface area contributed by atoms with E-state index in [4.69, 9.17) is 5.73 Å². The number of fused-ring (bicyclic) bond motifs is 5. The monoisotopic (exact) mass is 410 g/mol. The molecule has 1 aromatic heterocycles. The lowest BCUT2D eigenvalue weighted by Crippen LogP contribution is -2.27. The predicted molar refractivity (Wildman–Crippen MR) is 119 cm³/mol. The largest absolute Gasteiger partial charge is 0.351 e. The number of aromatic amines is 1. The van der Waals surface area contributed by atoms with E-state index in [0.29, 0.717) is 42.4 Å². The molecule has 4 N–H and O–H groups in total. The summed E-state index contributed by atoms with van der Waals surface area (Å²) in [4.78, 5) is 32.2. The molecule has 1 aromatic carbocycles. The van der Waals surface area contributed by atoms with E-state index in [1.807, 2.05) is 19.1 Å². The first-order chi connectivity index (χ1) is 14.6. The number of Topliss-reactive ketones (excluding diaryl/α,β-unsaturated/α-hetero) is 1. The van der Waals surface area contributed by atoms with Gasteiger partial charge in [-0.25, -0.2) is 4.98 Å². The molecule has 1 aliphatic heterocycles. The quantitative estimate of drug-likeness (QED) is 0.559. The van der Waals surface area contributed by atoms with Crippen molar-refractivity contribution >= 4 is 11.7 Å². The van der Waals surface area contributed by atoms with Crippen molar-refractivity contribution in [2.24, 2.45) is 5.73 Å². The third-order valence-corrected chi connectivity index (χ3v) is 5.81. The molecule has 6 heteroatoms. The Bertz CT molecular complexity index is 859. The number of carbonyl (C=O) groups is 2. The first kappa shape index (κ1) is 22.2. The molecule has 1 aliphatic rings. The second-order valence-corrected chi connectivity index (χ2v) is 8.21. The normalized spacial score (nSPS) is 15.5. The summed E-state index contributed by atoms with van der Waals surface area (Å²) < 4.78 is 0. The number of rotatable bonds is 8. The van der Waals surface area contributed by atoms with Gasteiger partial charge in [-0.2, -0.15) is 0 Å². The molecule has 4 bridgehead atoms. The first-order valence-electron chi connectivity index (χ1n) is 11.3. The minimum atomic E-state index is -0.287. The molecule has 0 unspecified atom stereocenters. The highest BCUT2D eigenvalue weighted by atomic mass is 16.2. The van der Waals surface area contributed by atoms with E-state index in [1.54, 1.807) is 0 Å². The van der Waals surface area contributed by atoms with Gasteiger partial charge in [-0.1, -0.05) is 44.4 Å². The number of ketones is 1. The van der Waals surface area contributed by atoms with Crippen molar-refractivity contribution in [3.05, 3.63) is 41.2 Å². The maximum absolute atomic E-state index is 12.8. The summed E-state index contributed by atoms with van der Waals surface area (Å²) in [6.07, 6.45) is 8.97. The molecule has 0 saturated heterocycles. The molecule has 30 heavy (non-hydrogen) atoms. The maximum atomic E-state index is 12.8. The molecule has 2 aromatic rings. The van der Waals surface area contributed by atoms with Crippen molar-refractivity contribution in [1.29, 1.82) is 0 Å². The van der Waals surface area contributed by atoms with Crippen LogP contribution in [0.15, 0.2) is 24.3 Å². The molecule has 0 spiro atoms. The topological polar surface area (TPSA) is 101 Å². The number of aryl methyl sites for hydroxylation is 1. The van der Waals surface area contributed by atoms with Crippen LogP contribution in [0.4, 0.5) is 0 Å². The average Bonchev–Trinajstić information content (AvgIpc) is 3.21. The molecular formula is C24H34N4O2. The lowest BCUT2D eigenvalue weighted by atomic mass is 10.0. The van der Waals surface area contributed by atoms with Crippen LogP contribution in [-0.4, -0.2) is 28.2 Å². The van der Waals surface area contributed by atoms with Crippen LogP contribution in [-0.2, 0) is 11.2 Å². The Hall–Kier alpha value is -2.47. The number of hydrogen-bond acceptors (Lipinski definition) is 4. The Kier molecular flexibility index (Phi) is 8.20. The Morgan fingerprint density at radius 1 is 1.20 bits per heavy atom. The number of aromatic nitrogens is 2. The molecule has 3 rings (SSSR count). The van der Waals surface area contributed by atoms with Gasteiger partial charge >= 0.3 is 0 Å². The fourth-order valence-corrected chi connectivity index (χ4v) is 3.94. The molecule has 1 atom stereocenters. The summed E-state index contributed by atoms with van der Waals surface area (Å²) in [5.74, 6) is 0.846. The van der Waals surface area contributed by atoms with Gasteiger partial charge in [0.2, 0.25) is 0 Å². The molecule has 2 heterocycles. The molecule has 162 valence electrons. The van der Waals surface area contributed by atoms with Gasteiger partial charge in [-0.3, -0.25) is 9.59 Å². The SMILES string of the molecule is CCC(=O)CCCCC[C@H](N)c1[nH]c2nc1C(=O)NCCCCCc1cccc-2c1. The molecule has 0 radical (unpaired) electrons. The molecule has 1 amide bonds. The van der Waals surface area contributed by atoms with Gasteiger partial charge in [0.05, 0.1) is 5.69 Å². The van der Waals surface area contributed by atoms with Crippen molar-refractivity contribution in [3.63, 3.8) is 0 Å². The molecule has 0 fully saturated rings. The fourth-order valence-electron chi connectivity index (χ4n) is 3.94. The van der Waals surface area contributed by atoms with Gasteiger partial charge in [0.15, 0.2) is 5.69 Å². The number of benzene rings is 1. The summed E-state index contributed by atoms with van der Waals surface area (Å²) in [6.45, 7) is 2.55. The van der Waals surface area contributed by atoms with Crippen LogP contribution in [0.1, 0.15) is 92.5 Å². The number of unbranched alkanes of at least 4 members (excludes halogenated alkanes) is 2. The molecule has 0 saturated carbocycles. The van der Waals surface area contributed by atoms with E-state index < -0.39 is 0 Å². The number of nitrogens with two attached hydrogens (primary N) is 1. The maximum Gasteiger partial charge on any atom is 0.271 e. The zero-order chi connectivity index (χ0) is 21.3. The van der Waals surface area contributed by atoms with Gasteiger partial charge in [0.25, 0.3) is 5.91 Å². The minimum absolute atomic E-state index is 0.160. The lowest BCUT2D eigenvalue weighted by molar-refractivity contribution is -0.118. The Balaban J connectivity index is 1.75. The summed E-state index contributed by atoms with van der Waals surface area (Å²) in [5.41, 5.74) is 9.85. The Labute approximate surface area is 179 Å². The van der Waals surface area contributed by atoms with E-state index >= 15 is 0 Å². The number of amides is 1. The third-order valence-electron chi connectivity index (χ3n) is 5.81. The molecule has 6 nitrogen and oxygen atoms in total. The van der Waals surface area contributed by atoms with Gasteiger partial charge in [-0.15, -0.1) is 0 Å². The number of carbonyl (C=O) groups excluding carboxylic acids is 2. The fraction of sp³-hybridized carbons (Fsp3) is 0.542. The van der Waals surface area contributed by atoms with Crippen LogP contribution in [0.25, 0.3) is 11.4 Å². The second kappa shape index (κ2) is 11.1. The highest BCUT2D eigenvalue weighted by Gasteiger charge is 2.22. The van der Waals surface area contributed by atoms with Gasteiger partial charge in [0.1, 0.15) is 11.6 Å². The number of H-pyrrole nitrogens is 1. The first-order valence-corrected chi connectivity index (χ1v) is 11.3. The number of nitrogens with one attached hydrogen (secondary N) is 2. The smallest absolute Gasteiger partial charge is 0.271 e. The summed E-state index contributed by atoms with van der Waals surface area (Å²) in [5, 5.41) is 3.00. The van der Waals surface area contributed by atoms with Crippen LogP contribution >= 0.6 is 0 Å². The molecule has 0 aliphatic carbocycles. The van der Waals surface area contributed by atoms with Crippen LogP contribution < -0.4 is 11.1 Å². The second-order valence-electron chi connectivity index (χ2n) is 8.21. The Morgan fingerprint density at radius 2 is 2.07 bits per heavy atom. The summed E-state index contributed by atoms with van der Waals surface area (Å²) in [7, 11) is 0. The number of hydrogen-bond donors (Lipinski definition) is 3. The van der Waals surface area contributed by atoms with E-state index in [9.17, 15) is 9.59 Å². The average molecular weight is 411 g/mol. The van der Waals surface area contributed by atoms with Gasteiger partial charge in [-0.05, 0) is 43.7 Å². The highest BCUT2D eigenvalue weighted by Crippen LogP contribution is 2.26. The standard InChI is InChI=1S/C24H34N4O2/c1-2-19(29)13-6-3-7-14-20(25)21-22-24(30)26-15-8-4-5-10-17-11-9-12-18(16-17)23(27-21)28-22/h9,11-12,16,20H,2-8,10,13-15,25H2,1H3,(H,26,30)(H,27,28)/t20-/m0/s1. The van der Waals surface area contributed by atoms with Crippen LogP contribution in [0.2, 0.25) is 0 Å². The third kappa shape index (κ3) is 6.02. The van der Waals surface area contributed by atoms with E-state index in [0.717, 1.165) is 56.9 Å². The summed E-state index contributed by atoms with van der Waals surface area (Å²) in [6, 6.07) is 8.07. The van der Waals surface area contributed by atoms with Crippen molar-refractivity contribution in [2.75, 3.05) is 6.54 Å². The van der Waals surface area contributed by atoms with E-state index in [1.165, 1.54) is 5.56 Å². The highest BCUT2D eigenvalue weighted by molar-refractivity contribution is 5.94. The molecular weight excluding hydrogens is 376 g/mol. The van der Waals surface area contributed by atoms with E-state index in [-0.39, 0.29) is 11.9 Å². The number of imidazole rings is 1. The van der Waals surface area contributed by atoms with Gasteiger partial charge < -0.3 is 16.0 Å². The van der Waals surface area contributed by atoms with Crippen LogP contribution in [0.3, 0.4) is 0 Å². The summed E-state index contributed by atoms with van der Waals surface area (Å²) >= 11 is 0. The van der Waals surface area contributed by atoms with E-state index in [2.05, 4.69) is 27.4 Å². The van der Waals surface area contributed by atoms with Crippen LogP contribution in [0, 0.1) is 0 Å². The van der Waals surface area contributed by atoms with Crippen molar-refractivity contribution in [2.45, 2.75) is 77.2 Å². The van der Waals surface area contributed by atoms with Crippen molar-refractivity contribution in [3.8, 4) is 11.4 Å². The van der Waals surface area contributed by atoms with Crippen molar-refractivity contribution in [1.82, 2.24) is 15.3 Å². The predicted octanol–water partition coefficient (Wildman–Crippen LogP) is 4.46. The Morgan fingerprint density at radius 3 is 2.90 bits per heavy atom. The minimum Gasteiger partial charge on any atom is -0.351 e.